The van der Waals surface area contributed by atoms with E-state index in [2.05, 4.69) is 10.3 Å². The Morgan fingerprint density at radius 1 is 1.24 bits per heavy atom. The first-order chi connectivity index (χ1) is 10.3. The lowest BCUT2D eigenvalue weighted by molar-refractivity contribution is 0.0716. The minimum absolute atomic E-state index is 0.0266. The fraction of sp³-hybridized carbons (Fsp3) is 0.412. The van der Waals surface area contributed by atoms with Gasteiger partial charge >= 0.3 is 0 Å². The van der Waals surface area contributed by atoms with Gasteiger partial charge in [-0.15, -0.1) is 0 Å². The van der Waals surface area contributed by atoms with E-state index in [1.54, 1.807) is 6.20 Å². The molecule has 1 aliphatic rings. The molecule has 0 bridgehead atoms. The maximum Gasteiger partial charge on any atom is 0.273 e. The third kappa shape index (κ3) is 2.90. The molecule has 0 saturated carbocycles. The van der Waals surface area contributed by atoms with Gasteiger partial charge in [-0.25, -0.2) is 0 Å². The zero-order valence-electron chi connectivity index (χ0n) is 12.4. The molecule has 3 rings (SSSR count). The van der Waals surface area contributed by atoms with Crippen molar-refractivity contribution < 1.29 is 4.79 Å². The Morgan fingerprint density at radius 2 is 2.10 bits per heavy atom. The van der Waals surface area contributed by atoms with Crippen molar-refractivity contribution in [3.63, 3.8) is 0 Å². The van der Waals surface area contributed by atoms with Crippen molar-refractivity contribution in [1.29, 1.82) is 0 Å². The van der Waals surface area contributed by atoms with Crippen LogP contribution in [-0.4, -0.2) is 42.0 Å². The number of rotatable bonds is 2. The fourth-order valence-electron chi connectivity index (χ4n) is 3.01. The molecule has 1 N–H and O–H groups in total. The lowest BCUT2D eigenvalue weighted by Crippen LogP contribution is -2.38. The number of fused-ring (bicyclic) bond motifs is 1. The Labute approximate surface area is 125 Å². The third-order valence-electron chi connectivity index (χ3n) is 4.29. The average molecular weight is 283 g/mol. The van der Waals surface area contributed by atoms with Gasteiger partial charge in [0.05, 0.1) is 0 Å². The minimum atomic E-state index is 0.0266. The molecule has 0 aliphatic carbocycles. The Hall–Kier alpha value is -1.94. The molecular formula is C17H21N3O. The monoisotopic (exact) mass is 283 g/mol. The van der Waals surface area contributed by atoms with Crippen LogP contribution >= 0.6 is 0 Å². The number of aromatic nitrogens is 1. The van der Waals surface area contributed by atoms with Crippen LogP contribution in [0.4, 0.5) is 0 Å². The number of hydrogen-bond acceptors (Lipinski definition) is 3. The first-order valence-electron chi connectivity index (χ1n) is 7.59. The van der Waals surface area contributed by atoms with Crippen molar-refractivity contribution in [2.45, 2.75) is 25.3 Å². The number of benzene rings is 1. The van der Waals surface area contributed by atoms with Crippen LogP contribution in [0.5, 0.6) is 0 Å². The Morgan fingerprint density at radius 3 is 3.00 bits per heavy atom. The molecule has 1 aromatic carbocycles. The fourth-order valence-corrected chi connectivity index (χ4v) is 3.01. The van der Waals surface area contributed by atoms with Gasteiger partial charge in [-0.2, -0.15) is 0 Å². The van der Waals surface area contributed by atoms with Crippen LogP contribution in [0.2, 0.25) is 0 Å². The second-order valence-corrected chi connectivity index (χ2v) is 5.63. The summed E-state index contributed by atoms with van der Waals surface area (Å²) in [5.74, 6) is 0.0266. The standard InChI is InChI=1S/C17H21N3O/c1-20(14-6-4-10-18-11-9-14)17(21)16-15-7-3-2-5-13(15)8-12-19-16/h2-3,5,7-8,12,14,18H,4,6,9-11H2,1H3/t14-/m0/s1. The number of hydrogen-bond donors (Lipinski definition) is 1. The molecule has 2 aromatic rings. The molecule has 2 heterocycles. The second kappa shape index (κ2) is 6.22. The minimum Gasteiger partial charge on any atom is -0.337 e. The Kier molecular flexibility index (Phi) is 4.15. The predicted octanol–water partition coefficient (Wildman–Crippen LogP) is 2.45. The quantitative estimate of drug-likeness (QED) is 0.921. The van der Waals surface area contributed by atoms with E-state index in [1.807, 2.05) is 42.3 Å². The molecule has 1 saturated heterocycles. The van der Waals surface area contributed by atoms with Gasteiger partial charge in [0.2, 0.25) is 0 Å². The summed E-state index contributed by atoms with van der Waals surface area (Å²) >= 11 is 0. The zero-order valence-corrected chi connectivity index (χ0v) is 12.4. The molecule has 1 aromatic heterocycles. The molecule has 1 fully saturated rings. The number of pyridine rings is 1. The van der Waals surface area contributed by atoms with E-state index in [4.69, 9.17) is 0 Å². The van der Waals surface area contributed by atoms with Gasteiger partial charge in [-0.3, -0.25) is 9.78 Å². The largest absolute Gasteiger partial charge is 0.337 e. The number of carbonyl (C=O) groups is 1. The maximum absolute atomic E-state index is 12.8. The summed E-state index contributed by atoms with van der Waals surface area (Å²) in [7, 11) is 1.90. The summed E-state index contributed by atoms with van der Waals surface area (Å²) in [6, 6.07) is 10.2. The smallest absolute Gasteiger partial charge is 0.273 e. The van der Waals surface area contributed by atoms with Crippen LogP contribution in [0.3, 0.4) is 0 Å². The van der Waals surface area contributed by atoms with E-state index in [1.165, 1.54) is 0 Å². The lowest BCUT2D eigenvalue weighted by atomic mass is 10.1. The second-order valence-electron chi connectivity index (χ2n) is 5.63. The SMILES string of the molecule is CN(C(=O)c1nccc2ccccc12)[C@H]1CCCNCC1. The van der Waals surface area contributed by atoms with Gasteiger partial charge in [0.1, 0.15) is 5.69 Å². The van der Waals surface area contributed by atoms with E-state index >= 15 is 0 Å². The average Bonchev–Trinajstić information content (AvgIpc) is 2.82. The number of nitrogens with one attached hydrogen (secondary N) is 1. The van der Waals surface area contributed by atoms with Crippen molar-refractivity contribution in [3.8, 4) is 0 Å². The molecule has 4 nitrogen and oxygen atoms in total. The number of nitrogens with zero attached hydrogens (tertiary/aromatic N) is 2. The van der Waals surface area contributed by atoms with Crippen molar-refractivity contribution in [1.82, 2.24) is 15.2 Å². The van der Waals surface area contributed by atoms with Crippen LogP contribution in [0, 0.1) is 0 Å². The van der Waals surface area contributed by atoms with Gasteiger partial charge in [-0.05, 0) is 43.8 Å². The molecular weight excluding hydrogens is 262 g/mol. The van der Waals surface area contributed by atoms with Gasteiger partial charge < -0.3 is 10.2 Å². The predicted molar refractivity (Wildman–Crippen MR) is 84.3 cm³/mol. The molecule has 4 heteroatoms. The highest BCUT2D eigenvalue weighted by molar-refractivity contribution is 6.05. The lowest BCUT2D eigenvalue weighted by Gasteiger charge is -2.27. The summed E-state index contributed by atoms with van der Waals surface area (Å²) in [5, 5.41) is 5.38. The van der Waals surface area contributed by atoms with E-state index in [0.29, 0.717) is 11.7 Å². The Balaban J connectivity index is 1.89. The number of amides is 1. The first kappa shape index (κ1) is 14.0. The molecule has 1 amide bonds. The van der Waals surface area contributed by atoms with E-state index in [0.717, 1.165) is 43.1 Å². The van der Waals surface area contributed by atoms with Gasteiger partial charge in [0.25, 0.3) is 5.91 Å². The van der Waals surface area contributed by atoms with E-state index < -0.39 is 0 Å². The van der Waals surface area contributed by atoms with Gasteiger partial charge in [0.15, 0.2) is 0 Å². The molecule has 1 atom stereocenters. The van der Waals surface area contributed by atoms with Gasteiger partial charge in [-0.1, -0.05) is 24.3 Å². The maximum atomic E-state index is 12.8. The Bertz CT molecular complexity index is 627. The zero-order chi connectivity index (χ0) is 14.7. The van der Waals surface area contributed by atoms with E-state index in [9.17, 15) is 4.79 Å². The normalized spacial score (nSPS) is 19.2. The van der Waals surface area contributed by atoms with Crippen molar-refractivity contribution >= 4 is 16.7 Å². The van der Waals surface area contributed by atoms with Crippen LogP contribution in [0.1, 0.15) is 29.8 Å². The first-order valence-corrected chi connectivity index (χ1v) is 7.59. The van der Waals surface area contributed by atoms with E-state index in [-0.39, 0.29) is 5.91 Å². The highest BCUT2D eigenvalue weighted by atomic mass is 16.2. The van der Waals surface area contributed by atoms with Crippen molar-refractivity contribution in [3.05, 3.63) is 42.2 Å². The number of carbonyl (C=O) groups excluding carboxylic acids is 1. The van der Waals surface area contributed by atoms with Crippen LogP contribution in [0.25, 0.3) is 10.8 Å². The highest BCUT2D eigenvalue weighted by Crippen LogP contribution is 2.20. The summed E-state index contributed by atoms with van der Waals surface area (Å²) in [6.45, 7) is 2.02. The highest BCUT2D eigenvalue weighted by Gasteiger charge is 2.24. The van der Waals surface area contributed by atoms with Crippen molar-refractivity contribution in [2.24, 2.45) is 0 Å². The molecule has 1 aliphatic heterocycles. The van der Waals surface area contributed by atoms with Gasteiger partial charge in [0, 0.05) is 24.7 Å². The molecule has 110 valence electrons. The molecule has 21 heavy (non-hydrogen) atoms. The molecule has 0 spiro atoms. The summed E-state index contributed by atoms with van der Waals surface area (Å²) in [4.78, 5) is 19.0. The third-order valence-corrected chi connectivity index (χ3v) is 4.29. The van der Waals surface area contributed by atoms with Crippen molar-refractivity contribution in [2.75, 3.05) is 20.1 Å². The summed E-state index contributed by atoms with van der Waals surface area (Å²) < 4.78 is 0. The van der Waals surface area contributed by atoms with Crippen LogP contribution in [-0.2, 0) is 0 Å². The summed E-state index contributed by atoms with van der Waals surface area (Å²) in [6.07, 6.45) is 4.90. The van der Waals surface area contributed by atoms with Crippen LogP contribution in [0.15, 0.2) is 36.5 Å². The molecule has 0 unspecified atom stereocenters. The summed E-state index contributed by atoms with van der Waals surface area (Å²) in [5.41, 5.74) is 0.563. The molecule has 0 radical (unpaired) electrons. The topological polar surface area (TPSA) is 45.2 Å². The van der Waals surface area contributed by atoms with Crippen LogP contribution < -0.4 is 5.32 Å².